The zero-order chi connectivity index (χ0) is 11.0. The molecule has 0 bridgehead atoms. The first kappa shape index (κ1) is 10.8. The van der Waals surface area contributed by atoms with Gasteiger partial charge in [0.25, 0.3) is 0 Å². The maximum absolute atomic E-state index is 9.86. The number of hydrogen-bond acceptors (Lipinski definition) is 2. The van der Waals surface area contributed by atoms with E-state index in [1.807, 2.05) is 13.0 Å². The molecule has 1 aliphatic rings. The highest BCUT2D eigenvalue weighted by molar-refractivity contribution is 6.31. The van der Waals surface area contributed by atoms with E-state index in [0.717, 1.165) is 29.1 Å². The first-order valence-electron chi connectivity index (χ1n) is 5.30. The monoisotopic (exact) mass is 225 g/mol. The number of phenolic OH excluding ortho intramolecular Hbond substituents is 1. The lowest BCUT2D eigenvalue weighted by molar-refractivity contribution is 0.455. The van der Waals surface area contributed by atoms with Gasteiger partial charge in [0.15, 0.2) is 0 Å². The Hall–Kier alpha value is -0.730. The molecule has 2 nitrogen and oxygen atoms in total. The van der Waals surface area contributed by atoms with E-state index in [9.17, 15) is 5.11 Å². The van der Waals surface area contributed by atoms with Crippen LogP contribution in [-0.2, 0) is 0 Å². The van der Waals surface area contributed by atoms with Crippen molar-refractivity contribution in [2.75, 3.05) is 6.54 Å². The molecule has 2 rings (SSSR count). The van der Waals surface area contributed by atoms with Crippen LogP contribution in [0.2, 0.25) is 5.02 Å². The Morgan fingerprint density at radius 3 is 2.80 bits per heavy atom. The van der Waals surface area contributed by atoms with E-state index in [0.29, 0.717) is 11.7 Å². The SMILES string of the molecule is Cc1cc(O)c([C@H]2C[C@H](C)CN2)cc1Cl. The summed E-state index contributed by atoms with van der Waals surface area (Å²) in [6.07, 6.45) is 1.06. The Bertz CT molecular complexity index is 378. The number of phenols is 1. The highest BCUT2D eigenvalue weighted by Gasteiger charge is 2.24. The van der Waals surface area contributed by atoms with E-state index in [4.69, 9.17) is 11.6 Å². The van der Waals surface area contributed by atoms with E-state index in [-0.39, 0.29) is 6.04 Å². The molecule has 2 N–H and O–H groups in total. The predicted octanol–water partition coefficient (Wildman–Crippen LogP) is 3.02. The smallest absolute Gasteiger partial charge is 0.120 e. The molecule has 0 amide bonds. The molecule has 0 radical (unpaired) electrons. The molecule has 15 heavy (non-hydrogen) atoms. The van der Waals surface area contributed by atoms with Crippen LogP contribution in [0.4, 0.5) is 0 Å². The van der Waals surface area contributed by atoms with Crippen LogP contribution >= 0.6 is 11.6 Å². The third kappa shape index (κ3) is 2.11. The van der Waals surface area contributed by atoms with E-state index >= 15 is 0 Å². The second-order valence-electron chi connectivity index (χ2n) is 4.46. The Balaban J connectivity index is 2.32. The maximum Gasteiger partial charge on any atom is 0.120 e. The van der Waals surface area contributed by atoms with Crippen molar-refractivity contribution in [3.05, 3.63) is 28.3 Å². The zero-order valence-corrected chi connectivity index (χ0v) is 9.80. The fourth-order valence-electron chi connectivity index (χ4n) is 2.11. The third-order valence-electron chi connectivity index (χ3n) is 3.03. The number of hydrogen-bond donors (Lipinski definition) is 2. The van der Waals surface area contributed by atoms with Crippen LogP contribution in [0.1, 0.15) is 30.5 Å². The summed E-state index contributed by atoms with van der Waals surface area (Å²) in [5.41, 5.74) is 1.85. The van der Waals surface area contributed by atoms with E-state index < -0.39 is 0 Å². The molecule has 3 heteroatoms. The molecular formula is C12H16ClNO. The minimum atomic E-state index is 0.248. The number of aryl methyl sites for hydroxylation is 1. The minimum Gasteiger partial charge on any atom is -0.508 e. The van der Waals surface area contributed by atoms with Crippen LogP contribution in [0.15, 0.2) is 12.1 Å². The summed E-state index contributed by atoms with van der Waals surface area (Å²) in [5.74, 6) is 1.01. The van der Waals surface area contributed by atoms with Gasteiger partial charge in [0, 0.05) is 16.6 Å². The van der Waals surface area contributed by atoms with Crippen molar-refractivity contribution in [1.29, 1.82) is 0 Å². The van der Waals surface area contributed by atoms with Gasteiger partial charge in [-0.3, -0.25) is 0 Å². The van der Waals surface area contributed by atoms with Gasteiger partial charge in [-0.1, -0.05) is 18.5 Å². The molecule has 1 fully saturated rings. The molecule has 0 saturated carbocycles. The molecular weight excluding hydrogens is 210 g/mol. The van der Waals surface area contributed by atoms with E-state index in [2.05, 4.69) is 12.2 Å². The van der Waals surface area contributed by atoms with Gasteiger partial charge >= 0.3 is 0 Å². The average Bonchev–Trinajstić information content (AvgIpc) is 2.58. The lowest BCUT2D eigenvalue weighted by Gasteiger charge is -2.14. The van der Waals surface area contributed by atoms with E-state index in [1.54, 1.807) is 6.07 Å². The van der Waals surface area contributed by atoms with Crippen LogP contribution in [0, 0.1) is 12.8 Å². The summed E-state index contributed by atoms with van der Waals surface area (Å²) in [6, 6.07) is 3.86. The summed E-state index contributed by atoms with van der Waals surface area (Å²) in [4.78, 5) is 0. The quantitative estimate of drug-likeness (QED) is 0.770. The van der Waals surface area contributed by atoms with Crippen molar-refractivity contribution in [2.45, 2.75) is 26.3 Å². The molecule has 82 valence electrons. The highest BCUT2D eigenvalue weighted by atomic mass is 35.5. The lowest BCUT2D eigenvalue weighted by atomic mass is 9.99. The molecule has 0 aliphatic carbocycles. The van der Waals surface area contributed by atoms with Gasteiger partial charge in [-0.25, -0.2) is 0 Å². The number of nitrogens with one attached hydrogen (secondary N) is 1. The van der Waals surface area contributed by atoms with Crippen molar-refractivity contribution in [1.82, 2.24) is 5.32 Å². The highest BCUT2D eigenvalue weighted by Crippen LogP contribution is 2.35. The largest absolute Gasteiger partial charge is 0.508 e. The van der Waals surface area contributed by atoms with Gasteiger partial charge in [0.05, 0.1) is 0 Å². The van der Waals surface area contributed by atoms with Gasteiger partial charge in [-0.15, -0.1) is 0 Å². The third-order valence-corrected chi connectivity index (χ3v) is 3.44. The standard InChI is InChI=1S/C12H16ClNO/c1-7-3-11(14-6-7)9-5-10(13)8(2)4-12(9)15/h4-5,7,11,14-15H,3,6H2,1-2H3/t7-,11+/m0/s1. The summed E-state index contributed by atoms with van der Waals surface area (Å²) < 4.78 is 0. The molecule has 1 aliphatic heterocycles. The summed E-state index contributed by atoms with van der Waals surface area (Å²) in [7, 11) is 0. The molecule has 1 aromatic carbocycles. The first-order valence-corrected chi connectivity index (χ1v) is 5.68. The van der Waals surface area contributed by atoms with Crippen molar-refractivity contribution < 1.29 is 5.11 Å². The van der Waals surface area contributed by atoms with Gasteiger partial charge in [0.1, 0.15) is 5.75 Å². The first-order chi connectivity index (χ1) is 7.08. The Labute approximate surface area is 95.3 Å². The Morgan fingerprint density at radius 1 is 1.47 bits per heavy atom. The van der Waals surface area contributed by atoms with Crippen LogP contribution in [0.5, 0.6) is 5.75 Å². The Kier molecular flexibility index (Phi) is 2.89. The normalized spacial score (nSPS) is 25.8. The van der Waals surface area contributed by atoms with Gasteiger partial charge in [-0.05, 0) is 43.5 Å². The zero-order valence-electron chi connectivity index (χ0n) is 9.05. The topological polar surface area (TPSA) is 32.3 Å². The average molecular weight is 226 g/mol. The number of rotatable bonds is 1. The second-order valence-corrected chi connectivity index (χ2v) is 4.87. The van der Waals surface area contributed by atoms with Crippen molar-refractivity contribution >= 4 is 11.6 Å². The number of benzene rings is 1. The molecule has 0 spiro atoms. The van der Waals surface area contributed by atoms with Crippen LogP contribution in [0.25, 0.3) is 0 Å². The predicted molar refractivity (Wildman–Crippen MR) is 62.4 cm³/mol. The Morgan fingerprint density at radius 2 is 2.20 bits per heavy atom. The van der Waals surface area contributed by atoms with Gasteiger partial charge in [-0.2, -0.15) is 0 Å². The fourth-order valence-corrected chi connectivity index (χ4v) is 2.28. The molecule has 0 unspecified atom stereocenters. The maximum atomic E-state index is 9.86. The second kappa shape index (κ2) is 4.03. The summed E-state index contributed by atoms with van der Waals surface area (Å²) >= 11 is 6.06. The lowest BCUT2D eigenvalue weighted by Crippen LogP contribution is -2.13. The number of aromatic hydroxyl groups is 1. The molecule has 1 heterocycles. The number of halogens is 1. The van der Waals surface area contributed by atoms with Gasteiger partial charge < -0.3 is 10.4 Å². The minimum absolute atomic E-state index is 0.248. The van der Waals surface area contributed by atoms with Crippen molar-refractivity contribution in [3.8, 4) is 5.75 Å². The van der Waals surface area contributed by atoms with Crippen LogP contribution < -0.4 is 5.32 Å². The van der Waals surface area contributed by atoms with Crippen molar-refractivity contribution in [2.24, 2.45) is 5.92 Å². The molecule has 1 aromatic rings. The summed E-state index contributed by atoms with van der Waals surface area (Å²) in [6.45, 7) is 5.12. The fraction of sp³-hybridized carbons (Fsp3) is 0.500. The van der Waals surface area contributed by atoms with Crippen molar-refractivity contribution in [3.63, 3.8) is 0 Å². The van der Waals surface area contributed by atoms with E-state index in [1.165, 1.54) is 0 Å². The molecule has 1 saturated heterocycles. The summed E-state index contributed by atoms with van der Waals surface area (Å²) in [5, 5.41) is 14.0. The van der Waals surface area contributed by atoms with Gasteiger partial charge in [0.2, 0.25) is 0 Å². The molecule has 0 aromatic heterocycles. The van der Waals surface area contributed by atoms with Crippen LogP contribution in [-0.4, -0.2) is 11.7 Å². The van der Waals surface area contributed by atoms with Crippen LogP contribution in [0.3, 0.4) is 0 Å². The molecule has 2 atom stereocenters.